The number of quaternary nitrogens is 1. The van der Waals surface area contributed by atoms with Gasteiger partial charge < -0.3 is 30.2 Å². The van der Waals surface area contributed by atoms with Gasteiger partial charge in [0.1, 0.15) is 12.2 Å². The Morgan fingerprint density at radius 1 is 0.818 bits per heavy atom. The third-order valence-corrected chi connectivity index (χ3v) is 3.84. The van der Waals surface area contributed by atoms with Crippen molar-refractivity contribution in [3.8, 4) is 0 Å². The van der Waals surface area contributed by atoms with E-state index in [1.165, 1.54) is 0 Å². The van der Waals surface area contributed by atoms with Crippen LogP contribution in [0.4, 0.5) is 0 Å². The molecule has 0 saturated heterocycles. The molecule has 0 rings (SSSR count). The van der Waals surface area contributed by atoms with Crippen molar-refractivity contribution in [2.24, 2.45) is 0 Å². The monoisotopic (exact) mass is 323 g/mol. The Hall–Kier alpha value is -0.240. The molecular formula is C16H39N2O4+. The minimum absolute atomic E-state index is 0.187. The molecule has 0 radical (unpaired) electrons. The van der Waals surface area contributed by atoms with Gasteiger partial charge in [-0.15, -0.1) is 0 Å². The Morgan fingerprint density at radius 2 is 1.18 bits per heavy atom. The summed E-state index contributed by atoms with van der Waals surface area (Å²) < 4.78 is 1.06. The molecule has 4 unspecified atom stereocenters. The highest BCUT2D eigenvalue weighted by molar-refractivity contribution is 4.81. The van der Waals surface area contributed by atoms with E-state index in [2.05, 4.69) is 40.3 Å². The number of nitrogens with one attached hydrogen (secondary N) is 1. The van der Waals surface area contributed by atoms with Crippen LogP contribution in [0.2, 0.25) is 0 Å². The summed E-state index contributed by atoms with van der Waals surface area (Å²) in [6, 6.07) is 0.931. The van der Waals surface area contributed by atoms with E-state index in [0.29, 0.717) is 6.42 Å². The summed E-state index contributed by atoms with van der Waals surface area (Å²) in [4.78, 5) is 0. The topological polar surface area (TPSA) is 93.0 Å². The fraction of sp³-hybridized carbons (Fsp3) is 1.00. The molecule has 0 fully saturated rings. The van der Waals surface area contributed by atoms with Crippen LogP contribution < -0.4 is 5.32 Å². The quantitative estimate of drug-likeness (QED) is 0.404. The first kappa shape index (κ1) is 24.0. The van der Waals surface area contributed by atoms with Gasteiger partial charge in [0.15, 0.2) is 0 Å². The molecule has 0 amide bonds. The van der Waals surface area contributed by atoms with E-state index in [4.69, 9.17) is 0 Å². The van der Waals surface area contributed by atoms with Crippen molar-refractivity contribution in [1.82, 2.24) is 5.32 Å². The Bertz CT molecular complexity index is 267. The Kier molecular flexibility index (Phi) is 12.4. The molecule has 0 aromatic carbocycles. The zero-order chi connectivity index (χ0) is 18.1. The average Bonchev–Trinajstić information content (AvgIpc) is 2.41. The minimum Gasteiger partial charge on any atom is -0.390 e. The zero-order valence-corrected chi connectivity index (χ0v) is 15.6. The average molecular weight is 323 g/mol. The molecule has 22 heavy (non-hydrogen) atoms. The predicted molar refractivity (Wildman–Crippen MR) is 90.6 cm³/mol. The van der Waals surface area contributed by atoms with Crippen molar-refractivity contribution in [2.75, 3.05) is 27.7 Å². The summed E-state index contributed by atoms with van der Waals surface area (Å²) in [5, 5.41) is 40.6. The van der Waals surface area contributed by atoms with Crippen LogP contribution in [0, 0.1) is 0 Å². The van der Waals surface area contributed by atoms with E-state index >= 15 is 0 Å². The normalized spacial score (nSPS) is 17.7. The van der Waals surface area contributed by atoms with E-state index in [-0.39, 0.29) is 12.6 Å². The highest BCUT2D eigenvalue weighted by Gasteiger charge is 2.29. The minimum atomic E-state index is -1.33. The second kappa shape index (κ2) is 11.3. The first-order valence-corrected chi connectivity index (χ1v) is 8.11. The van der Waals surface area contributed by atoms with E-state index in [9.17, 15) is 20.4 Å². The van der Waals surface area contributed by atoms with Gasteiger partial charge >= 0.3 is 0 Å². The summed E-state index contributed by atoms with van der Waals surface area (Å²) >= 11 is 0. The fourth-order valence-corrected chi connectivity index (χ4v) is 1.17. The molecule has 0 aromatic rings. The van der Waals surface area contributed by atoms with Crippen LogP contribution in [0.15, 0.2) is 0 Å². The molecule has 0 heterocycles. The van der Waals surface area contributed by atoms with Crippen LogP contribution in [0.3, 0.4) is 0 Å². The molecule has 6 heteroatoms. The van der Waals surface area contributed by atoms with Crippen LogP contribution in [-0.4, -0.2) is 89.1 Å². The molecule has 0 saturated carbocycles. The van der Waals surface area contributed by atoms with Crippen molar-refractivity contribution < 1.29 is 24.9 Å². The van der Waals surface area contributed by atoms with Crippen LogP contribution in [0.5, 0.6) is 0 Å². The van der Waals surface area contributed by atoms with Gasteiger partial charge in [0.05, 0.1) is 39.4 Å². The Morgan fingerprint density at radius 3 is 1.45 bits per heavy atom. The number of aliphatic hydroxyl groups excluding tert-OH is 4. The summed E-state index contributed by atoms with van der Waals surface area (Å²) in [6.45, 7) is 10.2. The lowest BCUT2D eigenvalue weighted by atomic mass is 10.0. The van der Waals surface area contributed by atoms with Gasteiger partial charge in [0, 0.05) is 12.6 Å². The van der Waals surface area contributed by atoms with Gasteiger partial charge in [0.2, 0.25) is 0 Å². The lowest BCUT2D eigenvalue weighted by Gasteiger charge is -2.28. The lowest BCUT2D eigenvalue weighted by Crippen LogP contribution is -2.48. The third kappa shape index (κ3) is 11.3. The van der Waals surface area contributed by atoms with Crippen molar-refractivity contribution >= 4 is 0 Å². The molecule has 0 spiro atoms. The summed E-state index contributed by atoms with van der Waals surface area (Å²) in [6.07, 6.45) is -4.38. The highest BCUT2D eigenvalue weighted by atomic mass is 16.4. The lowest BCUT2D eigenvalue weighted by molar-refractivity contribution is -0.891. The van der Waals surface area contributed by atoms with Gasteiger partial charge in [0.25, 0.3) is 0 Å². The molecule has 4 atom stereocenters. The molecule has 0 aliphatic carbocycles. The summed E-state index contributed by atoms with van der Waals surface area (Å²) in [5.74, 6) is 0. The fourth-order valence-electron chi connectivity index (χ4n) is 1.17. The number of nitrogens with zero attached hydrogens (tertiary/aromatic N) is 1. The highest BCUT2D eigenvalue weighted by Crippen LogP contribution is 2.07. The van der Waals surface area contributed by atoms with Gasteiger partial charge in [-0.05, 0) is 20.3 Å². The zero-order valence-electron chi connectivity index (χ0n) is 15.6. The maximum absolute atomic E-state index is 9.50. The second-order valence-electron chi connectivity index (χ2n) is 7.30. The molecule has 5 N–H and O–H groups in total. The molecule has 6 nitrogen and oxygen atoms in total. The molecule has 0 bridgehead atoms. The van der Waals surface area contributed by atoms with Gasteiger partial charge in [-0.25, -0.2) is 0 Å². The number of hydrogen-bond acceptors (Lipinski definition) is 5. The van der Waals surface area contributed by atoms with Gasteiger partial charge in [-0.2, -0.15) is 0 Å². The number of aliphatic hydroxyl groups is 4. The SMILES string of the molecule is CC(C)[N+](C)(C)C.CCC(O)C(O)C(O)C(O)CNC(C)C. The van der Waals surface area contributed by atoms with Gasteiger partial charge in [-0.1, -0.05) is 20.8 Å². The maximum Gasteiger partial charge on any atom is 0.109 e. The van der Waals surface area contributed by atoms with E-state index in [1.54, 1.807) is 6.92 Å². The van der Waals surface area contributed by atoms with E-state index in [0.717, 1.165) is 10.5 Å². The van der Waals surface area contributed by atoms with Crippen LogP contribution in [0.25, 0.3) is 0 Å². The molecule has 0 aromatic heterocycles. The Balaban J connectivity index is 0. The van der Waals surface area contributed by atoms with Crippen molar-refractivity contribution in [2.45, 2.75) is 77.5 Å². The van der Waals surface area contributed by atoms with Crippen LogP contribution >= 0.6 is 0 Å². The molecule has 136 valence electrons. The van der Waals surface area contributed by atoms with E-state index < -0.39 is 24.4 Å². The largest absolute Gasteiger partial charge is 0.390 e. The summed E-state index contributed by atoms with van der Waals surface area (Å²) in [7, 11) is 6.60. The van der Waals surface area contributed by atoms with Crippen molar-refractivity contribution in [3.63, 3.8) is 0 Å². The van der Waals surface area contributed by atoms with Crippen LogP contribution in [-0.2, 0) is 0 Å². The molecule has 0 aliphatic rings. The van der Waals surface area contributed by atoms with Crippen LogP contribution in [0.1, 0.15) is 41.0 Å². The standard InChI is InChI=1S/C10H23NO4.C6H16N/c1-4-7(12)9(14)10(15)8(13)5-11-6(2)3;1-6(2)7(3,4)5/h6-15H,4-5H2,1-3H3;6H,1-5H3/q;+1. The number of rotatable bonds is 8. The summed E-state index contributed by atoms with van der Waals surface area (Å²) in [5.41, 5.74) is 0. The third-order valence-electron chi connectivity index (χ3n) is 3.84. The molecular weight excluding hydrogens is 284 g/mol. The Labute approximate surface area is 136 Å². The molecule has 0 aliphatic heterocycles. The van der Waals surface area contributed by atoms with E-state index in [1.807, 2.05) is 13.8 Å². The smallest absolute Gasteiger partial charge is 0.109 e. The van der Waals surface area contributed by atoms with Crippen molar-refractivity contribution in [3.05, 3.63) is 0 Å². The number of hydrogen-bond donors (Lipinski definition) is 5. The first-order valence-electron chi connectivity index (χ1n) is 8.11. The predicted octanol–water partition coefficient (Wildman–Crippen LogP) is -0.0610. The van der Waals surface area contributed by atoms with Crippen molar-refractivity contribution in [1.29, 1.82) is 0 Å². The van der Waals surface area contributed by atoms with Gasteiger partial charge in [-0.3, -0.25) is 0 Å². The maximum atomic E-state index is 9.50. The first-order chi connectivity index (χ1) is 9.84. The second-order valence-corrected chi connectivity index (χ2v) is 7.30.